The summed E-state index contributed by atoms with van der Waals surface area (Å²) in [6.45, 7) is 1.89. The second-order valence-corrected chi connectivity index (χ2v) is 9.01. The van der Waals surface area contributed by atoms with Gasteiger partial charge in [-0.05, 0) is 60.3 Å². The van der Waals surface area contributed by atoms with E-state index in [1.54, 1.807) is 0 Å². The van der Waals surface area contributed by atoms with E-state index in [0.717, 1.165) is 28.6 Å². The van der Waals surface area contributed by atoms with E-state index in [2.05, 4.69) is 15.2 Å². The van der Waals surface area contributed by atoms with E-state index >= 15 is 0 Å². The number of nitrogens with zero attached hydrogens (tertiary/aromatic N) is 1. The number of alkyl halides is 3. The molecule has 0 fully saturated rings. The summed E-state index contributed by atoms with van der Waals surface area (Å²) in [4.78, 5) is 12.9. The van der Waals surface area contributed by atoms with Crippen LogP contribution in [0.2, 0.25) is 0 Å². The van der Waals surface area contributed by atoms with Crippen LogP contribution in [0.25, 0.3) is 0 Å². The van der Waals surface area contributed by atoms with Crippen molar-refractivity contribution in [2.45, 2.75) is 18.0 Å². The predicted octanol–water partition coefficient (Wildman–Crippen LogP) is 4.64. The monoisotopic (exact) mass is 467 g/mol. The maximum Gasteiger partial charge on any atom is 0.416 e. The molecule has 1 heterocycles. The summed E-state index contributed by atoms with van der Waals surface area (Å²) in [6.07, 6.45) is -3.13. The van der Waals surface area contributed by atoms with Crippen LogP contribution in [0, 0.1) is 6.92 Å². The summed E-state index contributed by atoms with van der Waals surface area (Å²) in [5.74, 6) is -0.637. The third-order valence-corrected chi connectivity index (χ3v) is 6.43. The number of hydrazone groups is 1. The lowest BCUT2D eigenvalue weighted by Crippen LogP contribution is -2.19. The van der Waals surface area contributed by atoms with Crippen LogP contribution in [-0.2, 0) is 16.2 Å². The quantitative estimate of drug-likeness (QED) is 0.409. The maximum absolute atomic E-state index is 12.8. The van der Waals surface area contributed by atoms with Crippen LogP contribution in [0.15, 0.2) is 70.0 Å². The third kappa shape index (κ3) is 5.70. The van der Waals surface area contributed by atoms with Crippen LogP contribution < -0.4 is 10.1 Å². The maximum atomic E-state index is 12.8. The molecule has 2 N–H and O–H groups in total. The zero-order valence-corrected chi connectivity index (χ0v) is 17.6. The molecule has 0 bridgehead atoms. The molecule has 1 aromatic heterocycles. The summed E-state index contributed by atoms with van der Waals surface area (Å²) >= 11 is 1.45. The second-order valence-electron chi connectivity index (χ2n) is 6.38. The number of amides is 1. The van der Waals surface area contributed by atoms with Gasteiger partial charge in [-0.1, -0.05) is 12.1 Å². The van der Waals surface area contributed by atoms with Gasteiger partial charge in [-0.2, -0.15) is 18.3 Å². The average molecular weight is 467 g/mol. The molecular formula is C20H16F3N3O3S2. The molecule has 0 aliphatic heterocycles. The van der Waals surface area contributed by atoms with Gasteiger partial charge in [0.2, 0.25) is 0 Å². The summed E-state index contributed by atoms with van der Waals surface area (Å²) < 4.78 is 65.8. The zero-order valence-electron chi connectivity index (χ0n) is 16.0. The van der Waals surface area contributed by atoms with Crippen LogP contribution in [0.3, 0.4) is 0 Å². The lowest BCUT2D eigenvalue weighted by molar-refractivity contribution is -0.137. The second kappa shape index (κ2) is 8.90. The number of anilines is 1. The highest BCUT2D eigenvalue weighted by molar-refractivity contribution is 7.92. The summed E-state index contributed by atoms with van der Waals surface area (Å²) in [7, 11) is -4.23. The molecule has 0 radical (unpaired) electrons. The van der Waals surface area contributed by atoms with Crippen molar-refractivity contribution in [2.24, 2.45) is 5.10 Å². The van der Waals surface area contributed by atoms with Gasteiger partial charge in [0.15, 0.2) is 0 Å². The molecule has 3 rings (SSSR count). The van der Waals surface area contributed by atoms with E-state index in [0.29, 0.717) is 6.07 Å². The number of benzene rings is 2. The van der Waals surface area contributed by atoms with Crippen molar-refractivity contribution in [3.05, 3.63) is 81.5 Å². The Kier molecular flexibility index (Phi) is 6.46. The van der Waals surface area contributed by atoms with Crippen molar-refractivity contribution in [1.29, 1.82) is 0 Å². The van der Waals surface area contributed by atoms with E-state index < -0.39 is 27.7 Å². The third-order valence-electron chi connectivity index (χ3n) is 4.10. The van der Waals surface area contributed by atoms with Crippen LogP contribution in [0.1, 0.15) is 26.4 Å². The first-order valence-corrected chi connectivity index (χ1v) is 11.1. The van der Waals surface area contributed by atoms with Gasteiger partial charge in [0.25, 0.3) is 15.9 Å². The average Bonchev–Trinajstić information content (AvgIpc) is 3.12. The number of sulfonamides is 1. The minimum Gasteiger partial charge on any atom is -0.280 e. The van der Waals surface area contributed by atoms with E-state index in [-0.39, 0.29) is 16.1 Å². The van der Waals surface area contributed by atoms with Gasteiger partial charge in [-0.3, -0.25) is 9.52 Å². The highest BCUT2D eigenvalue weighted by Gasteiger charge is 2.30. The number of hydrogen-bond acceptors (Lipinski definition) is 5. The van der Waals surface area contributed by atoms with Crippen molar-refractivity contribution in [3.63, 3.8) is 0 Å². The Balaban J connectivity index is 1.76. The molecular weight excluding hydrogens is 451 g/mol. The van der Waals surface area contributed by atoms with Gasteiger partial charge in [-0.25, -0.2) is 13.8 Å². The topological polar surface area (TPSA) is 87.6 Å². The van der Waals surface area contributed by atoms with Gasteiger partial charge < -0.3 is 0 Å². The number of hydrogen-bond donors (Lipinski definition) is 2. The zero-order chi connectivity index (χ0) is 22.6. The summed E-state index contributed by atoms with van der Waals surface area (Å²) in [6, 6.07) is 10.8. The van der Waals surface area contributed by atoms with E-state index in [1.807, 2.05) is 18.4 Å². The van der Waals surface area contributed by atoms with E-state index in [9.17, 15) is 26.4 Å². The fourth-order valence-corrected chi connectivity index (χ4v) is 4.39. The van der Waals surface area contributed by atoms with Crippen LogP contribution in [0.5, 0.6) is 0 Å². The van der Waals surface area contributed by atoms with Gasteiger partial charge >= 0.3 is 6.18 Å². The molecule has 0 unspecified atom stereocenters. The number of nitrogens with one attached hydrogen (secondary N) is 2. The first-order chi connectivity index (χ1) is 14.6. The smallest absolute Gasteiger partial charge is 0.280 e. The van der Waals surface area contributed by atoms with Crippen LogP contribution >= 0.6 is 11.3 Å². The largest absolute Gasteiger partial charge is 0.416 e. The Morgan fingerprint density at radius 2 is 1.84 bits per heavy atom. The Morgan fingerprint density at radius 1 is 1.10 bits per heavy atom. The normalized spacial score (nSPS) is 12.1. The molecule has 6 nitrogen and oxygen atoms in total. The molecule has 1 amide bonds. The molecule has 2 aromatic carbocycles. The van der Waals surface area contributed by atoms with Gasteiger partial charge in [-0.15, -0.1) is 11.3 Å². The first kappa shape index (κ1) is 22.5. The fourth-order valence-electron chi connectivity index (χ4n) is 2.51. The number of aryl methyl sites for hydroxylation is 1. The minimum atomic E-state index is -4.61. The van der Waals surface area contributed by atoms with Gasteiger partial charge in [0.05, 0.1) is 16.7 Å². The lowest BCUT2D eigenvalue weighted by atomic mass is 10.2. The Hall–Kier alpha value is -3.18. The van der Waals surface area contributed by atoms with E-state index in [1.165, 1.54) is 41.8 Å². The molecule has 0 saturated carbocycles. The fraction of sp³-hybridized carbons (Fsp3) is 0.100. The number of halogens is 3. The highest BCUT2D eigenvalue weighted by Crippen LogP contribution is 2.31. The van der Waals surface area contributed by atoms with Crippen molar-refractivity contribution in [1.82, 2.24) is 5.43 Å². The molecule has 31 heavy (non-hydrogen) atoms. The molecule has 0 spiro atoms. The first-order valence-electron chi connectivity index (χ1n) is 8.74. The lowest BCUT2D eigenvalue weighted by Gasteiger charge is -2.12. The van der Waals surface area contributed by atoms with Crippen molar-refractivity contribution in [2.75, 3.05) is 4.72 Å². The minimum absolute atomic E-state index is 0.0203. The summed E-state index contributed by atoms with van der Waals surface area (Å²) in [5, 5.41) is 5.74. The molecule has 11 heteroatoms. The van der Waals surface area contributed by atoms with E-state index in [4.69, 9.17) is 0 Å². The standard InChI is InChI=1S/C20H16F3N3O3S2/c1-13-8-9-30-18(13)12-24-25-19(27)14-4-2-7-17(10-14)31(28,29)26-16-6-3-5-15(11-16)20(21,22)23/h2-12,26H,1H3,(H,25,27)/b24-12+. The number of thiophene rings is 1. The Morgan fingerprint density at radius 3 is 2.52 bits per heavy atom. The molecule has 0 atom stereocenters. The Labute approximate surface area is 180 Å². The van der Waals surface area contributed by atoms with Crippen molar-refractivity contribution < 1.29 is 26.4 Å². The SMILES string of the molecule is Cc1ccsc1/C=N/NC(=O)c1cccc(S(=O)(=O)Nc2cccc(C(F)(F)F)c2)c1. The highest BCUT2D eigenvalue weighted by atomic mass is 32.2. The number of carbonyl (C=O) groups is 1. The molecule has 162 valence electrons. The van der Waals surface area contributed by atoms with Crippen LogP contribution in [-0.4, -0.2) is 20.5 Å². The van der Waals surface area contributed by atoms with Crippen LogP contribution in [0.4, 0.5) is 18.9 Å². The van der Waals surface area contributed by atoms with Gasteiger partial charge in [0.1, 0.15) is 0 Å². The molecule has 0 aliphatic rings. The van der Waals surface area contributed by atoms with Crippen molar-refractivity contribution in [3.8, 4) is 0 Å². The molecule has 3 aromatic rings. The number of rotatable bonds is 6. The summed E-state index contributed by atoms with van der Waals surface area (Å²) in [5.41, 5.74) is 2.10. The molecule has 0 saturated heterocycles. The molecule has 0 aliphatic carbocycles. The number of carbonyl (C=O) groups excluding carboxylic acids is 1. The predicted molar refractivity (Wildman–Crippen MR) is 113 cm³/mol. The van der Waals surface area contributed by atoms with Crippen molar-refractivity contribution >= 4 is 39.2 Å². The Bertz CT molecular complexity index is 1240. The van der Waals surface area contributed by atoms with Gasteiger partial charge in [0, 0.05) is 16.1 Å².